The molecule has 0 aliphatic heterocycles. The predicted octanol–water partition coefficient (Wildman–Crippen LogP) is 3.76. The van der Waals surface area contributed by atoms with Crippen LogP contribution < -0.4 is 10.6 Å². The maximum absolute atomic E-state index is 13.5. The van der Waals surface area contributed by atoms with Crippen LogP contribution in [-0.2, 0) is 16.0 Å². The molecule has 0 saturated carbocycles. The topological polar surface area (TPSA) is 74.0 Å². The fraction of sp³-hybridized carbons (Fsp3) is 0.158. The zero-order valence-corrected chi connectivity index (χ0v) is 13.9. The quantitative estimate of drug-likeness (QED) is 0.677. The van der Waals surface area contributed by atoms with E-state index in [9.17, 15) is 14.0 Å². The van der Waals surface area contributed by atoms with Gasteiger partial charge in [0, 0.05) is 34.9 Å². The van der Waals surface area contributed by atoms with Crippen LogP contribution in [0.4, 0.5) is 15.8 Å². The Labute approximate surface area is 144 Å². The number of aromatic amines is 1. The van der Waals surface area contributed by atoms with Crippen LogP contribution in [0.2, 0.25) is 0 Å². The van der Waals surface area contributed by atoms with Crippen LogP contribution in [-0.4, -0.2) is 16.8 Å². The number of fused-ring (bicyclic) bond motifs is 1. The highest BCUT2D eigenvalue weighted by Gasteiger charge is 2.13. The zero-order chi connectivity index (χ0) is 18.0. The second kappa shape index (κ2) is 6.76. The van der Waals surface area contributed by atoms with Crippen molar-refractivity contribution in [3.05, 3.63) is 59.5 Å². The van der Waals surface area contributed by atoms with Gasteiger partial charge in [0.25, 0.3) is 0 Å². The van der Waals surface area contributed by atoms with Crippen molar-refractivity contribution >= 4 is 34.1 Å². The van der Waals surface area contributed by atoms with E-state index in [1.807, 2.05) is 6.92 Å². The van der Waals surface area contributed by atoms with E-state index in [1.54, 1.807) is 30.3 Å². The Morgan fingerprint density at radius 1 is 1.04 bits per heavy atom. The van der Waals surface area contributed by atoms with Crippen LogP contribution in [0.5, 0.6) is 0 Å². The second-order valence-electron chi connectivity index (χ2n) is 5.90. The van der Waals surface area contributed by atoms with Crippen LogP contribution in [0.1, 0.15) is 18.2 Å². The molecule has 3 aromatic rings. The molecule has 0 radical (unpaired) electrons. The number of amides is 2. The molecule has 5 nitrogen and oxygen atoms in total. The van der Waals surface area contributed by atoms with Gasteiger partial charge in [0.2, 0.25) is 11.8 Å². The molecule has 0 atom stereocenters. The zero-order valence-electron chi connectivity index (χ0n) is 13.9. The molecule has 6 heteroatoms. The number of halogens is 1. The number of aromatic nitrogens is 1. The van der Waals surface area contributed by atoms with E-state index in [2.05, 4.69) is 15.6 Å². The first-order chi connectivity index (χ1) is 11.9. The third-order valence-corrected chi connectivity index (χ3v) is 3.91. The van der Waals surface area contributed by atoms with E-state index in [0.717, 1.165) is 16.8 Å². The molecule has 1 aromatic heterocycles. The molecule has 3 N–H and O–H groups in total. The van der Waals surface area contributed by atoms with Crippen molar-refractivity contribution < 1.29 is 14.0 Å². The van der Waals surface area contributed by atoms with Crippen molar-refractivity contribution in [2.24, 2.45) is 0 Å². The van der Waals surface area contributed by atoms with Gasteiger partial charge in [-0.2, -0.15) is 0 Å². The number of carbonyl (C=O) groups excluding carboxylic acids is 2. The summed E-state index contributed by atoms with van der Waals surface area (Å²) >= 11 is 0. The number of nitrogens with one attached hydrogen (secondary N) is 3. The van der Waals surface area contributed by atoms with E-state index in [0.29, 0.717) is 16.8 Å². The van der Waals surface area contributed by atoms with Gasteiger partial charge in [0.1, 0.15) is 5.82 Å². The average molecular weight is 339 g/mol. The summed E-state index contributed by atoms with van der Waals surface area (Å²) in [7, 11) is 0. The van der Waals surface area contributed by atoms with E-state index in [4.69, 9.17) is 0 Å². The molecule has 0 bridgehead atoms. The van der Waals surface area contributed by atoms with E-state index >= 15 is 0 Å². The summed E-state index contributed by atoms with van der Waals surface area (Å²) in [5.74, 6) is -0.680. The molecule has 0 saturated heterocycles. The number of carbonyl (C=O) groups is 2. The predicted molar refractivity (Wildman–Crippen MR) is 96.1 cm³/mol. The minimum Gasteiger partial charge on any atom is -0.358 e. The Balaban J connectivity index is 1.73. The summed E-state index contributed by atoms with van der Waals surface area (Å²) in [6.45, 7) is 3.30. The first kappa shape index (κ1) is 16.7. The maximum Gasteiger partial charge on any atom is 0.228 e. The van der Waals surface area contributed by atoms with Crippen LogP contribution in [0.3, 0.4) is 0 Å². The van der Waals surface area contributed by atoms with Crippen LogP contribution in [0.25, 0.3) is 10.9 Å². The van der Waals surface area contributed by atoms with Gasteiger partial charge >= 0.3 is 0 Å². The number of rotatable bonds is 4. The monoisotopic (exact) mass is 339 g/mol. The first-order valence-corrected chi connectivity index (χ1v) is 7.86. The lowest BCUT2D eigenvalue weighted by Gasteiger charge is -2.07. The lowest BCUT2D eigenvalue weighted by atomic mass is 10.1. The normalized spacial score (nSPS) is 10.7. The molecule has 0 aliphatic carbocycles. The molecule has 0 spiro atoms. The van der Waals surface area contributed by atoms with Crippen molar-refractivity contribution in [3.8, 4) is 0 Å². The molecule has 2 aromatic carbocycles. The summed E-state index contributed by atoms with van der Waals surface area (Å²) in [4.78, 5) is 26.5. The Morgan fingerprint density at radius 2 is 1.68 bits per heavy atom. The van der Waals surface area contributed by atoms with Crippen LogP contribution in [0.15, 0.2) is 42.5 Å². The molecule has 0 fully saturated rings. The molecule has 0 aliphatic rings. The number of hydrogen-bond donors (Lipinski definition) is 3. The van der Waals surface area contributed by atoms with E-state index in [-0.39, 0.29) is 24.1 Å². The van der Waals surface area contributed by atoms with Gasteiger partial charge in [0.15, 0.2) is 0 Å². The number of aryl methyl sites for hydroxylation is 1. The van der Waals surface area contributed by atoms with Gasteiger partial charge in [-0.05, 0) is 55.0 Å². The Morgan fingerprint density at radius 3 is 2.32 bits per heavy atom. The SMILES string of the molecule is CC(=O)Nc1ccc(NC(=O)Cc2c(C)[nH]c3ccc(F)cc23)cc1. The highest BCUT2D eigenvalue weighted by atomic mass is 19.1. The second-order valence-corrected chi connectivity index (χ2v) is 5.90. The van der Waals surface area contributed by atoms with Gasteiger partial charge < -0.3 is 15.6 Å². The van der Waals surface area contributed by atoms with Gasteiger partial charge in [0.05, 0.1) is 6.42 Å². The standard InChI is InChI=1S/C19H18FN3O2/c1-11-16(17-9-13(20)3-8-18(17)21-11)10-19(25)23-15-6-4-14(5-7-15)22-12(2)24/h3-9,21H,10H2,1-2H3,(H,22,24)(H,23,25). The summed E-state index contributed by atoms with van der Waals surface area (Å²) < 4.78 is 13.5. The van der Waals surface area contributed by atoms with Gasteiger partial charge in [-0.15, -0.1) is 0 Å². The largest absolute Gasteiger partial charge is 0.358 e. The Hall–Kier alpha value is -3.15. The molecule has 2 amide bonds. The molecule has 3 rings (SSSR count). The van der Waals surface area contributed by atoms with Gasteiger partial charge in [-0.1, -0.05) is 0 Å². The molecule has 0 unspecified atom stereocenters. The van der Waals surface area contributed by atoms with E-state index < -0.39 is 0 Å². The highest BCUT2D eigenvalue weighted by molar-refractivity contribution is 5.96. The maximum atomic E-state index is 13.5. The number of H-pyrrole nitrogens is 1. The number of benzene rings is 2. The van der Waals surface area contributed by atoms with Crippen molar-refractivity contribution in [1.82, 2.24) is 4.98 Å². The molecular formula is C19H18FN3O2. The highest BCUT2D eigenvalue weighted by Crippen LogP contribution is 2.24. The summed E-state index contributed by atoms with van der Waals surface area (Å²) in [6.07, 6.45) is 0.142. The third kappa shape index (κ3) is 3.85. The molecule has 128 valence electrons. The van der Waals surface area contributed by atoms with Crippen LogP contribution >= 0.6 is 0 Å². The fourth-order valence-electron chi connectivity index (χ4n) is 2.79. The van der Waals surface area contributed by atoms with Crippen molar-refractivity contribution in [2.45, 2.75) is 20.3 Å². The Kier molecular flexibility index (Phi) is 4.52. The Bertz CT molecular complexity index is 945. The summed E-state index contributed by atoms with van der Waals surface area (Å²) in [5.41, 5.74) is 3.72. The lowest BCUT2D eigenvalue weighted by Crippen LogP contribution is -2.15. The molecule has 25 heavy (non-hydrogen) atoms. The molecular weight excluding hydrogens is 321 g/mol. The summed E-state index contributed by atoms with van der Waals surface area (Å²) in [5, 5.41) is 6.19. The minimum absolute atomic E-state index is 0.142. The lowest BCUT2D eigenvalue weighted by molar-refractivity contribution is -0.116. The molecule has 1 heterocycles. The van der Waals surface area contributed by atoms with Crippen molar-refractivity contribution in [2.75, 3.05) is 10.6 Å². The summed E-state index contributed by atoms with van der Waals surface area (Å²) in [6, 6.07) is 11.3. The van der Waals surface area contributed by atoms with E-state index in [1.165, 1.54) is 19.1 Å². The van der Waals surface area contributed by atoms with Crippen LogP contribution in [0, 0.1) is 12.7 Å². The average Bonchev–Trinajstić information content (AvgIpc) is 2.84. The van der Waals surface area contributed by atoms with Gasteiger partial charge in [-0.25, -0.2) is 4.39 Å². The number of anilines is 2. The van der Waals surface area contributed by atoms with Crippen molar-refractivity contribution in [3.63, 3.8) is 0 Å². The number of hydrogen-bond acceptors (Lipinski definition) is 2. The van der Waals surface area contributed by atoms with Crippen molar-refractivity contribution in [1.29, 1.82) is 0 Å². The smallest absolute Gasteiger partial charge is 0.228 e. The minimum atomic E-state index is -0.332. The third-order valence-electron chi connectivity index (χ3n) is 3.91. The van der Waals surface area contributed by atoms with Gasteiger partial charge in [-0.3, -0.25) is 9.59 Å². The first-order valence-electron chi connectivity index (χ1n) is 7.86. The fourth-order valence-corrected chi connectivity index (χ4v) is 2.79.